The molecule has 2 rings (SSSR count). The van der Waals surface area contributed by atoms with E-state index in [4.69, 9.17) is 0 Å². The first kappa shape index (κ1) is 16.5. The molecule has 3 nitrogen and oxygen atoms in total. The van der Waals surface area contributed by atoms with E-state index in [2.05, 4.69) is 18.3 Å². The molecule has 21 heavy (non-hydrogen) atoms. The molecule has 0 radical (unpaired) electrons. The number of rotatable bonds is 5. The van der Waals surface area contributed by atoms with E-state index in [9.17, 15) is 8.42 Å². The van der Waals surface area contributed by atoms with Gasteiger partial charge in [-0.25, -0.2) is 8.42 Å². The van der Waals surface area contributed by atoms with Crippen molar-refractivity contribution in [3.05, 3.63) is 29.8 Å². The Morgan fingerprint density at radius 1 is 1.19 bits per heavy atom. The average Bonchev–Trinajstić information content (AvgIpc) is 2.73. The van der Waals surface area contributed by atoms with Gasteiger partial charge in [-0.1, -0.05) is 44.7 Å². The van der Waals surface area contributed by atoms with Gasteiger partial charge >= 0.3 is 0 Å². The summed E-state index contributed by atoms with van der Waals surface area (Å²) >= 11 is 0. The molecule has 1 N–H and O–H groups in total. The molecule has 1 aromatic carbocycles. The fourth-order valence-electron chi connectivity index (χ4n) is 3.36. The second kappa shape index (κ2) is 7.41. The van der Waals surface area contributed by atoms with Gasteiger partial charge in [0.15, 0.2) is 9.84 Å². The van der Waals surface area contributed by atoms with Crippen LogP contribution in [0, 0.1) is 5.92 Å². The zero-order chi connectivity index (χ0) is 15.3. The summed E-state index contributed by atoms with van der Waals surface area (Å²) in [5, 5.41) is 3.58. The Bertz CT molecular complexity index is 546. The monoisotopic (exact) mass is 309 g/mol. The Kier molecular flexibility index (Phi) is 5.82. The van der Waals surface area contributed by atoms with Crippen molar-refractivity contribution in [1.29, 1.82) is 0 Å². The SMILES string of the molecule is CCNC(c1cccc(S(C)(=O)=O)c1)C1CCCCCC1. The molecular formula is C17H27NO2S. The minimum Gasteiger partial charge on any atom is -0.310 e. The van der Waals surface area contributed by atoms with Gasteiger partial charge in [0.2, 0.25) is 0 Å². The van der Waals surface area contributed by atoms with Crippen molar-refractivity contribution in [2.75, 3.05) is 12.8 Å². The topological polar surface area (TPSA) is 46.2 Å². The molecule has 0 aliphatic heterocycles. The lowest BCUT2D eigenvalue weighted by molar-refractivity contribution is 0.330. The normalized spacial score (nSPS) is 19.1. The van der Waals surface area contributed by atoms with Gasteiger partial charge in [-0.3, -0.25) is 0 Å². The Morgan fingerprint density at radius 2 is 1.86 bits per heavy atom. The van der Waals surface area contributed by atoms with E-state index in [1.54, 1.807) is 6.07 Å². The quantitative estimate of drug-likeness (QED) is 0.843. The highest BCUT2D eigenvalue weighted by Crippen LogP contribution is 2.34. The standard InChI is InChI=1S/C17H27NO2S/c1-3-18-17(14-9-6-4-5-7-10-14)15-11-8-12-16(13-15)21(2,19)20/h8,11-14,17-18H,3-7,9-10H2,1-2H3. The van der Waals surface area contributed by atoms with Crippen molar-refractivity contribution in [3.63, 3.8) is 0 Å². The lowest BCUT2D eigenvalue weighted by Crippen LogP contribution is -2.28. The van der Waals surface area contributed by atoms with Gasteiger partial charge in [0.25, 0.3) is 0 Å². The van der Waals surface area contributed by atoms with E-state index in [0.717, 1.165) is 12.1 Å². The van der Waals surface area contributed by atoms with Crippen molar-refractivity contribution < 1.29 is 8.42 Å². The maximum absolute atomic E-state index is 11.8. The first-order valence-corrected chi connectivity index (χ1v) is 9.95. The Morgan fingerprint density at radius 3 is 2.43 bits per heavy atom. The van der Waals surface area contributed by atoms with Crippen LogP contribution in [0.3, 0.4) is 0 Å². The largest absolute Gasteiger partial charge is 0.310 e. The van der Waals surface area contributed by atoms with Crippen molar-refractivity contribution in [2.24, 2.45) is 5.92 Å². The average molecular weight is 309 g/mol. The molecule has 1 saturated carbocycles. The highest BCUT2D eigenvalue weighted by Gasteiger charge is 2.24. The van der Waals surface area contributed by atoms with Gasteiger partial charge in [-0.2, -0.15) is 0 Å². The summed E-state index contributed by atoms with van der Waals surface area (Å²) in [6.45, 7) is 3.02. The van der Waals surface area contributed by atoms with E-state index in [1.165, 1.54) is 44.8 Å². The van der Waals surface area contributed by atoms with Crippen molar-refractivity contribution in [3.8, 4) is 0 Å². The number of hydrogen-bond acceptors (Lipinski definition) is 3. The third kappa shape index (κ3) is 4.55. The molecule has 0 bridgehead atoms. The molecule has 1 aliphatic rings. The highest BCUT2D eigenvalue weighted by atomic mass is 32.2. The van der Waals surface area contributed by atoms with Crippen molar-refractivity contribution in [1.82, 2.24) is 5.32 Å². The first-order chi connectivity index (χ1) is 10.0. The highest BCUT2D eigenvalue weighted by molar-refractivity contribution is 7.90. The van der Waals surface area contributed by atoms with Gasteiger partial charge < -0.3 is 5.32 Å². The summed E-state index contributed by atoms with van der Waals surface area (Å²) in [5.41, 5.74) is 1.12. The summed E-state index contributed by atoms with van der Waals surface area (Å²) in [6.07, 6.45) is 9.00. The molecule has 0 spiro atoms. The van der Waals surface area contributed by atoms with Gasteiger partial charge in [0.1, 0.15) is 0 Å². The van der Waals surface area contributed by atoms with E-state index >= 15 is 0 Å². The molecule has 0 amide bonds. The van der Waals surface area contributed by atoms with Crippen LogP contribution in [0.15, 0.2) is 29.2 Å². The lowest BCUT2D eigenvalue weighted by Gasteiger charge is -2.27. The predicted molar refractivity (Wildman–Crippen MR) is 87.2 cm³/mol. The fraction of sp³-hybridized carbons (Fsp3) is 0.647. The number of benzene rings is 1. The summed E-state index contributed by atoms with van der Waals surface area (Å²) in [5.74, 6) is 0.613. The zero-order valence-corrected chi connectivity index (χ0v) is 14.0. The van der Waals surface area contributed by atoms with E-state index in [0.29, 0.717) is 10.8 Å². The Labute approximate surface area is 129 Å². The molecular weight excluding hydrogens is 282 g/mol. The molecule has 1 atom stereocenters. The van der Waals surface area contributed by atoms with Gasteiger partial charge in [-0.15, -0.1) is 0 Å². The van der Waals surface area contributed by atoms with Crippen LogP contribution in [-0.2, 0) is 9.84 Å². The molecule has 1 aliphatic carbocycles. The van der Waals surface area contributed by atoms with Gasteiger partial charge in [0, 0.05) is 12.3 Å². The first-order valence-electron chi connectivity index (χ1n) is 8.05. The van der Waals surface area contributed by atoms with Crippen LogP contribution in [0.25, 0.3) is 0 Å². The molecule has 1 unspecified atom stereocenters. The second-order valence-corrected chi connectivity index (χ2v) is 8.15. The maximum Gasteiger partial charge on any atom is 0.175 e. The minimum absolute atomic E-state index is 0.273. The molecule has 1 fully saturated rings. The van der Waals surface area contributed by atoms with Crippen molar-refractivity contribution >= 4 is 9.84 Å². The lowest BCUT2D eigenvalue weighted by atomic mass is 9.87. The van der Waals surface area contributed by atoms with Crippen LogP contribution in [0.2, 0.25) is 0 Å². The Hall–Kier alpha value is -0.870. The van der Waals surface area contributed by atoms with Crippen LogP contribution >= 0.6 is 0 Å². The van der Waals surface area contributed by atoms with Gasteiger partial charge in [-0.05, 0) is 43.0 Å². The maximum atomic E-state index is 11.8. The molecule has 118 valence electrons. The fourth-order valence-corrected chi connectivity index (χ4v) is 4.04. The minimum atomic E-state index is -3.14. The number of nitrogens with one attached hydrogen (secondary N) is 1. The molecule has 0 heterocycles. The second-order valence-electron chi connectivity index (χ2n) is 6.13. The van der Waals surface area contributed by atoms with Crippen LogP contribution in [0.4, 0.5) is 0 Å². The molecule has 1 aromatic rings. The summed E-state index contributed by atoms with van der Waals surface area (Å²) in [4.78, 5) is 0.427. The van der Waals surface area contributed by atoms with Crippen molar-refractivity contribution in [2.45, 2.75) is 56.4 Å². The zero-order valence-electron chi connectivity index (χ0n) is 13.1. The van der Waals surface area contributed by atoms with Crippen LogP contribution in [0.5, 0.6) is 0 Å². The third-order valence-corrected chi connectivity index (χ3v) is 5.55. The van der Waals surface area contributed by atoms with Crippen LogP contribution < -0.4 is 5.32 Å². The van der Waals surface area contributed by atoms with Crippen LogP contribution in [0.1, 0.15) is 57.1 Å². The third-order valence-electron chi connectivity index (χ3n) is 4.44. The number of sulfone groups is 1. The van der Waals surface area contributed by atoms with E-state index in [-0.39, 0.29) is 6.04 Å². The molecule has 4 heteroatoms. The smallest absolute Gasteiger partial charge is 0.175 e. The summed E-state index contributed by atoms with van der Waals surface area (Å²) < 4.78 is 23.6. The number of hydrogen-bond donors (Lipinski definition) is 1. The van der Waals surface area contributed by atoms with Gasteiger partial charge in [0.05, 0.1) is 4.90 Å². The Balaban J connectivity index is 2.28. The van der Waals surface area contributed by atoms with E-state index < -0.39 is 9.84 Å². The summed E-state index contributed by atoms with van der Waals surface area (Å²) in [6, 6.07) is 7.75. The summed E-state index contributed by atoms with van der Waals surface area (Å²) in [7, 11) is -3.14. The van der Waals surface area contributed by atoms with E-state index in [1.807, 2.05) is 12.1 Å². The molecule has 0 aromatic heterocycles. The molecule has 0 saturated heterocycles. The predicted octanol–water partition coefficient (Wildman–Crippen LogP) is 3.71. The van der Waals surface area contributed by atoms with Crippen LogP contribution in [-0.4, -0.2) is 21.2 Å².